The number of hydrogen-bond donors (Lipinski definition) is 5. The first-order chi connectivity index (χ1) is 22.1. The van der Waals surface area contributed by atoms with Crippen LogP contribution in [0.5, 0.6) is 0 Å². The van der Waals surface area contributed by atoms with Crippen LogP contribution in [0.15, 0.2) is 48.6 Å². The Labute approximate surface area is 276 Å². The highest BCUT2D eigenvalue weighted by molar-refractivity contribution is 8.00. The van der Waals surface area contributed by atoms with E-state index in [1.807, 2.05) is 12.2 Å². The van der Waals surface area contributed by atoms with E-state index >= 15 is 0 Å². The van der Waals surface area contributed by atoms with Crippen molar-refractivity contribution in [2.24, 2.45) is 0 Å². The van der Waals surface area contributed by atoms with Gasteiger partial charge in [0.2, 0.25) is 11.3 Å². The van der Waals surface area contributed by atoms with Crippen molar-refractivity contribution in [3.05, 3.63) is 53.5 Å². The highest BCUT2D eigenvalue weighted by Crippen LogP contribution is 2.23. The lowest BCUT2D eigenvalue weighted by molar-refractivity contribution is -0.138. The number of anilines is 1. The lowest BCUT2D eigenvalue weighted by Gasteiger charge is -2.25. The molecule has 0 aliphatic heterocycles. The normalized spacial score (nSPS) is 13.2. The number of aliphatic hydroxyl groups is 1. The van der Waals surface area contributed by atoms with Crippen molar-refractivity contribution < 1.29 is 34.5 Å². The zero-order valence-electron chi connectivity index (χ0n) is 27.0. The fourth-order valence-corrected chi connectivity index (χ4v) is 5.66. The molecule has 0 radical (unpaired) electrons. The monoisotopic (exact) mass is 660 g/mol. The first-order valence-electron chi connectivity index (χ1n) is 15.9. The molecule has 0 aliphatic rings. The maximum absolute atomic E-state index is 13.0. The first-order valence-corrected chi connectivity index (χ1v) is 17.0. The molecule has 3 amide bonds. The predicted molar refractivity (Wildman–Crippen MR) is 182 cm³/mol. The third-order valence-electron chi connectivity index (χ3n) is 7.18. The number of urea groups is 1. The van der Waals surface area contributed by atoms with Crippen molar-refractivity contribution in [1.82, 2.24) is 10.6 Å². The van der Waals surface area contributed by atoms with Crippen molar-refractivity contribution in [1.29, 1.82) is 5.39 Å². The van der Waals surface area contributed by atoms with Crippen LogP contribution in [0.25, 0.3) is 4.98 Å². The van der Waals surface area contributed by atoms with Gasteiger partial charge in [0.05, 0.1) is 6.10 Å². The second-order valence-electron chi connectivity index (χ2n) is 11.0. The number of hydrogen-bond acceptors (Lipinski definition) is 7. The Bertz CT molecular complexity index is 1170. The maximum Gasteiger partial charge on any atom is 0.385 e. The average molecular weight is 661 g/mol. The summed E-state index contributed by atoms with van der Waals surface area (Å²) in [4.78, 5) is 52.3. The van der Waals surface area contributed by atoms with Crippen LogP contribution in [-0.4, -0.2) is 75.9 Å². The highest BCUT2D eigenvalue weighted by Gasteiger charge is 2.26. The molecule has 0 spiro atoms. The number of carboxylic acids is 2. The predicted octanol–water partition coefficient (Wildman–Crippen LogP) is 6.25. The summed E-state index contributed by atoms with van der Waals surface area (Å²) in [5, 5.41) is 42.2. The van der Waals surface area contributed by atoms with E-state index in [9.17, 15) is 24.3 Å². The molecule has 0 heterocycles. The van der Waals surface area contributed by atoms with Crippen LogP contribution in [0.4, 0.5) is 16.2 Å². The maximum atomic E-state index is 13.0. The number of allylic oxidation sites excluding steroid dienone is 3. The number of aliphatic hydroxyl groups excluding tert-OH is 1. The van der Waals surface area contributed by atoms with Gasteiger partial charge in [-0.15, -0.1) is 11.8 Å². The molecule has 0 aromatic heterocycles. The third-order valence-corrected chi connectivity index (χ3v) is 8.56. The highest BCUT2D eigenvalue weighted by atomic mass is 32.2. The SMILES string of the molecule is CCCCCCCCCC/C=C/C=C/[C@@H](SC[C@H](NC(=O)N(C)c1ccc([N+]#N)cc1)C(=O)NCC(=O)O)[C@@H](O)CCCC(=O)O. The van der Waals surface area contributed by atoms with Gasteiger partial charge in [-0.3, -0.25) is 19.3 Å². The van der Waals surface area contributed by atoms with Crippen molar-refractivity contribution >= 4 is 47.0 Å². The average Bonchev–Trinajstić information content (AvgIpc) is 3.04. The summed E-state index contributed by atoms with van der Waals surface area (Å²) in [6.07, 6.45) is 17.9. The van der Waals surface area contributed by atoms with Gasteiger partial charge in [-0.1, -0.05) is 76.2 Å². The minimum absolute atomic E-state index is 0.000328. The quantitative estimate of drug-likeness (QED) is 0.0486. The molecule has 3 atom stereocenters. The molecule has 0 saturated carbocycles. The molecule has 254 valence electrons. The van der Waals surface area contributed by atoms with Crippen LogP contribution in [0.3, 0.4) is 0 Å². The molecular weight excluding hydrogens is 610 g/mol. The number of rotatable bonds is 24. The van der Waals surface area contributed by atoms with E-state index in [1.54, 1.807) is 18.2 Å². The Morgan fingerprint density at radius 3 is 2.22 bits per heavy atom. The summed E-state index contributed by atoms with van der Waals surface area (Å²) in [5.74, 6) is -2.91. The van der Waals surface area contributed by atoms with Gasteiger partial charge < -0.3 is 26.0 Å². The van der Waals surface area contributed by atoms with Crippen LogP contribution in [0, 0.1) is 5.39 Å². The molecule has 0 bridgehead atoms. The molecule has 1 aromatic rings. The number of thioether (sulfide) groups is 1. The van der Waals surface area contributed by atoms with Gasteiger partial charge in [0.25, 0.3) is 0 Å². The van der Waals surface area contributed by atoms with Crippen LogP contribution >= 0.6 is 11.8 Å². The van der Waals surface area contributed by atoms with E-state index in [0.29, 0.717) is 11.4 Å². The number of carbonyl (C=O) groups excluding carboxylic acids is 2. The molecule has 1 aromatic carbocycles. The van der Waals surface area contributed by atoms with Crippen molar-refractivity contribution in [3.8, 4) is 0 Å². The summed E-state index contributed by atoms with van der Waals surface area (Å²) < 4.78 is 0. The number of unbranched alkanes of at least 4 members (excludes halogenated alkanes) is 8. The zero-order valence-corrected chi connectivity index (χ0v) is 27.8. The molecule has 12 nitrogen and oxygen atoms in total. The summed E-state index contributed by atoms with van der Waals surface area (Å²) in [6.45, 7) is 1.57. The van der Waals surface area contributed by atoms with Gasteiger partial charge in [0, 0.05) is 42.3 Å². The van der Waals surface area contributed by atoms with Gasteiger partial charge in [0.1, 0.15) is 12.6 Å². The van der Waals surface area contributed by atoms with E-state index in [-0.39, 0.29) is 25.0 Å². The van der Waals surface area contributed by atoms with Crippen LogP contribution in [0.1, 0.15) is 84.0 Å². The molecule has 46 heavy (non-hydrogen) atoms. The fourth-order valence-electron chi connectivity index (χ4n) is 4.45. The Morgan fingerprint density at radius 1 is 0.957 bits per heavy atom. The van der Waals surface area contributed by atoms with Crippen molar-refractivity contribution in [2.45, 2.75) is 101 Å². The van der Waals surface area contributed by atoms with Gasteiger partial charge in [-0.25, -0.2) is 4.79 Å². The minimum atomic E-state index is -1.24. The lowest BCUT2D eigenvalue weighted by atomic mass is 10.1. The Kier molecular flexibility index (Phi) is 21.3. The van der Waals surface area contributed by atoms with E-state index in [0.717, 1.165) is 12.8 Å². The second-order valence-corrected chi connectivity index (χ2v) is 12.2. The smallest absolute Gasteiger partial charge is 0.385 e. The third kappa shape index (κ3) is 18.2. The number of carboxylic acid groups (broad SMARTS) is 2. The topological polar surface area (TPSA) is 184 Å². The molecule has 0 saturated heterocycles. The summed E-state index contributed by atoms with van der Waals surface area (Å²) in [7, 11) is 1.48. The Balaban J connectivity index is 2.89. The second kappa shape index (κ2) is 24.4. The van der Waals surface area contributed by atoms with Gasteiger partial charge >= 0.3 is 23.7 Å². The van der Waals surface area contributed by atoms with E-state index in [4.69, 9.17) is 15.6 Å². The fraction of sp³-hybridized carbons (Fsp3) is 0.576. The Morgan fingerprint density at radius 2 is 1.61 bits per heavy atom. The number of diazo groups is 1. The minimum Gasteiger partial charge on any atom is -0.481 e. The van der Waals surface area contributed by atoms with E-state index in [2.05, 4.69) is 28.6 Å². The van der Waals surface area contributed by atoms with Gasteiger partial charge in [-0.05, 0) is 37.8 Å². The van der Waals surface area contributed by atoms with Gasteiger partial charge in [-0.2, -0.15) is 0 Å². The molecule has 1 rings (SSSR count). The summed E-state index contributed by atoms with van der Waals surface area (Å²) >= 11 is 1.20. The Hall–Kier alpha value is -3.89. The largest absolute Gasteiger partial charge is 0.481 e. The summed E-state index contributed by atoms with van der Waals surface area (Å²) in [5.41, 5.74) is 0.750. The number of carbonyl (C=O) groups is 4. The van der Waals surface area contributed by atoms with E-state index < -0.39 is 47.8 Å². The number of nitrogens with zero attached hydrogens (tertiary/aromatic N) is 3. The number of benzene rings is 1. The van der Waals surface area contributed by atoms with Crippen molar-refractivity contribution in [2.75, 3.05) is 24.2 Å². The lowest BCUT2D eigenvalue weighted by Crippen LogP contribution is -2.52. The number of amides is 3. The van der Waals surface area contributed by atoms with E-state index in [1.165, 1.54) is 80.8 Å². The van der Waals surface area contributed by atoms with Crippen LogP contribution < -0.4 is 15.5 Å². The molecule has 5 N–H and O–H groups in total. The van der Waals surface area contributed by atoms with Crippen molar-refractivity contribution in [3.63, 3.8) is 0 Å². The molecule has 0 fully saturated rings. The molecular formula is C33H50N5O7S+. The zero-order chi connectivity index (χ0) is 34.2. The van der Waals surface area contributed by atoms with Crippen LogP contribution in [0.2, 0.25) is 0 Å². The standard InChI is InChI=1S/C33H49N5O7S/c1-3-4-5-6-7-8-9-10-11-12-13-14-17-29(28(39)16-15-18-30(40)41)46-24-27(32(44)35-23-31(42)43)36-33(45)38(2)26-21-19-25(37-34)20-22-26/h12-14,17,19-22,27-29,39H,3-11,15-16,18,23-24H2,1-2H3,(H3-,35,36,40,41,42,43,44,45)/p+1/b13-12+,17-14+/t27-,28-,29+/m0/s1. The van der Waals surface area contributed by atoms with Crippen LogP contribution in [-0.2, 0) is 14.4 Å². The molecule has 13 heteroatoms. The molecule has 0 unspecified atom stereocenters. The number of nitrogens with one attached hydrogen (secondary N) is 2. The number of aliphatic carboxylic acids is 2. The van der Waals surface area contributed by atoms with Gasteiger partial charge in [0.15, 0.2) is 4.98 Å². The summed E-state index contributed by atoms with van der Waals surface area (Å²) in [6, 6.07) is 4.32. The first kappa shape index (κ1) is 40.1. The molecule has 0 aliphatic carbocycles.